The number of esters is 4. The molecule has 1 rings (SSSR count). The second-order valence-corrected chi connectivity index (χ2v) is 29.6. The van der Waals surface area contributed by atoms with Gasteiger partial charge in [-0.3, -0.25) is 0 Å². The van der Waals surface area contributed by atoms with E-state index in [2.05, 4.69) is 55.4 Å². The van der Waals surface area contributed by atoms with Gasteiger partial charge in [-0.1, -0.05) is 389 Å². The Labute approximate surface area is 558 Å². The summed E-state index contributed by atoms with van der Waals surface area (Å²) in [6.45, 7) is 19.2. The minimum Gasteiger partial charge on any atom is -0.462 e. The van der Waals surface area contributed by atoms with Crippen LogP contribution in [-0.4, -0.2) is 50.3 Å². The third kappa shape index (κ3) is 53.5. The second-order valence-electron chi connectivity index (χ2n) is 29.6. The molecule has 0 saturated heterocycles. The summed E-state index contributed by atoms with van der Waals surface area (Å²) in [7, 11) is 0. The summed E-state index contributed by atoms with van der Waals surface area (Å²) in [5, 5.41) is 0. The van der Waals surface area contributed by atoms with Gasteiger partial charge in [-0.15, -0.1) is 0 Å². The lowest BCUT2D eigenvalue weighted by atomic mass is 9.95. The van der Waals surface area contributed by atoms with Crippen molar-refractivity contribution in [3.05, 3.63) is 34.4 Å². The van der Waals surface area contributed by atoms with E-state index in [1.165, 1.54) is 282 Å². The average Bonchev–Trinajstić information content (AvgIpc) is 0.868. The van der Waals surface area contributed by atoms with Gasteiger partial charge in [0.05, 0.1) is 48.7 Å². The molecule has 0 aliphatic rings. The van der Waals surface area contributed by atoms with Crippen LogP contribution in [0.5, 0.6) is 0 Å². The van der Waals surface area contributed by atoms with Crippen LogP contribution in [0, 0.1) is 23.7 Å². The van der Waals surface area contributed by atoms with Crippen molar-refractivity contribution in [1.82, 2.24) is 0 Å². The van der Waals surface area contributed by atoms with Crippen molar-refractivity contribution in [1.29, 1.82) is 0 Å². The second kappa shape index (κ2) is 63.5. The fourth-order valence-electron chi connectivity index (χ4n) is 12.7. The maximum Gasteiger partial charge on any atom is 0.339 e. The molecule has 0 unspecified atom stereocenters. The molecular weight excluding hydrogens is 1110 g/mol. The summed E-state index contributed by atoms with van der Waals surface area (Å²) in [4.78, 5) is 57.1. The predicted molar refractivity (Wildman–Crippen MR) is 385 cm³/mol. The van der Waals surface area contributed by atoms with Crippen LogP contribution in [0.15, 0.2) is 12.1 Å². The highest BCUT2D eigenvalue weighted by atomic mass is 16.5. The van der Waals surface area contributed by atoms with Crippen LogP contribution < -0.4 is 0 Å². The first-order chi connectivity index (χ1) is 43.8. The van der Waals surface area contributed by atoms with E-state index in [0.29, 0.717) is 25.7 Å². The molecule has 0 fully saturated rings. The molecule has 1 aromatic carbocycles. The number of hydrogen-bond donors (Lipinski definition) is 0. The lowest BCUT2D eigenvalue weighted by Crippen LogP contribution is -2.24. The fraction of sp³-hybridized carbons (Fsp3) is 0.878. The predicted octanol–water partition coefficient (Wildman–Crippen LogP) is 26.8. The van der Waals surface area contributed by atoms with Gasteiger partial charge in [0.2, 0.25) is 0 Å². The molecule has 0 aromatic heterocycles. The zero-order chi connectivity index (χ0) is 65.6. The maximum atomic E-state index is 14.4. The van der Waals surface area contributed by atoms with Gasteiger partial charge in [-0.2, -0.15) is 0 Å². The quantitative estimate of drug-likeness (QED) is 0.0361. The van der Waals surface area contributed by atoms with E-state index >= 15 is 0 Å². The molecule has 0 N–H and O–H groups in total. The van der Waals surface area contributed by atoms with E-state index in [4.69, 9.17) is 18.9 Å². The van der Waals surface area contributed by atoms with Crippen molar-refractivity contribution in [3.63, 3.8) is 0 Å². The first-order valence-corrected chi connectivity index (χ1v) is 39.7. The Morgan fingerprint density at radius 1 is 0.211 bits per heavy atom. The summed E-state index contributed by atoms with van der Waals surface area (Å²) in [5.41, 5.74) is -0.671. The van der Waals surface area contributed by atoms with E-state index in [1.54, 1.807) is 0 Å². The highest BCUT2D eigenvalue weighted by Crippen LogP contribution is 2.27. The van der Waals surface area contributed by atoms with Gasteiger partial charge >= 0.3 is 23.9 Å². The van der Waals surface area contributed by atoms with Gasteiger partial charge < -0.3 is 18.9 Å². The Morgan fingerprint density at radius 3 is 0.500 bits per heavy atom. The van der Waals surface area contributed by atoms with Crippen molar-refractivity contribution in [3.8, 4) is 0 Å². The number of ether oxygens (including phenoxy) is 4. The van der Waals surface area contributed by atoms with Crippen molar-refractivity contribution in [2.24, 2.45) is 23.7 Å². The maximum absolute atomic E-state index is 14.4. The minimum atomic E-state index is -0.816. The summed E-state index contributed by atoms with van der Waals surface area (Å²) >= 11 is 0. The monoisotopic (exact) mass is 1260 g/mol. The molecule has 8 heteroatoms. The largest absolute Gasteiger partial charge is 0.462 e. The van der Waals surface area contributed by atoms with Crippen LogP contribution >= 0.6 is 0 Å². The number of carbonyl (C=O) groups excluding carboxylic acids is 4. The van der Waals surface area contributed by atoms with Crippen molar-refractivity contribution < 1.29 is 38.1 Å². The molecule has 0 saturated carbocycles. The fourth-order valence-corrected chi connectivity index (χ4v) is 12.7. The average molecular weight is 1260 g/mol. The Bertz CT molecular complexity index is 1660. The van der Waals surface area contributed by atoms with Gasteiger partial charge in [0.25, 0.3) is 0 Å². The number of benzene rings is 1. The molecule has 0 amide bonds. The van der Waals surface area contributed by atoms with Crippen LogP contribution in [0.3, 0.4) is 0 Å². The van der Waals surface area contributed by atoms with Crippen LogP contribution in [0.1, 0.15) is 456 Å². The Balaban J connectivity index is 2.98. The van der Waals surface area contributed by atoms with Gasteiger partial charge in [0.1, 0.15) is 0 Å². The highest BCUT2D eigenvalue weighted by Gasteiger charge is 2.33. The molecule has 0 radical (unpaired) electrons. The number of carbonyl (C=O) groups is 4. The minimum absolute atomic E-state index is 0.0797. The molecule has 526 valence electrons. The summed E-state index contributed by atoms with van der Waals surface area (Å²) in [6, 6.07) is 2.88. The first kappa shape index (κ1) is 85.1. The third-order valence-electron chi connectivity index (χ3n) is 18.7. The highest BCUT2D eigenvalue weighted by molar-refractivity contribution is 6.15. The molecule has 0 spiro atoms. The summed E-state index contributed by atoms with van der Waals surface area (Å²) in [5.74, 6) is 0.208. The van der Waals surface area contributed by atoms with Gasteiger partial charge in [-0.25, -0.2) is 19.2 Å². The van der Waals surface area contributed by atoms with Crippen LogP contribution in [0.25, 0.3) is 0 Å². The molecule has 8 nitrogen and oxygen atoms in total. The SMILES string of the molecule is CC(C)CCCCCCCCCCCCCCCOC(=O)c1ccc(C(=O)OCCCCCCCCCCCCCCCC(C)C)c(C(=O)OCCCCCCCCCCCCCCCC(C)C)c1C(=O)OCCCCCCCCCCCCCCCC(C)C. The van der Waals surface area contributed by atoms with Crippen molar-refractivity contribution in [2.45, 2.75) is 415 Å². The van der Waals surface area contributed by atoms with Gasteiger partial charge in [0.15, 0.2) is 0 Å². The normalized spacial score (nSPS) is 11.7. The smallest absolute Gasteiger partial charge is 0.339 e. The third-order valence-corrected chi connectivity index (χ3v) is 18.7. The van der Waals surface area contributed by atoms with E-state index in [9.17, 15) is 19.2 Å². The molecule has 0 aliphatic heterocycles. The molecule has 1 aromatic rings. The lowest BCUT2D eigenvalue weighted by molar-refractivity contribution is 0.0415. The molecule has 0 aliphatic carbocycles. The Kier molecular flexibility index (Phi) is 60.0. The van der Waals surface area contributed by atoms with Crippen molar-refractivity contribution >= 4 is 23.9 Å². The van der Waals surface area contributed by atoms with Gasteiger partial charge in [0, 0.05) is 0 Å². The van der Waals surface area contributed by atoms with E-state index in [1.807, 2.05) is 0 Å². The number of unbranched alkanes of at least 4 members (excludes halogenated alkanes) is 48. The van der Waals surface area contributed by atoms with Crippen LogP contribution in [-0.2, 0) is 18.9 Å². The zero-order valence-electron chi connectivity index (χ0n) is 61.2. The summed E-state index contributed by atoms with van der Waals surface area (Å²) < 4.78 is 23.6. The Hall–Kier alpha value is -2.90. The standard InChI is InChI=1S/C82H150O8/c1-71(2)61-53-45-37-29-21-13-9-17-25-33-41-49-57-67-87-79(83)75-65-66-76(80(84)88-68-58-50-42-34-26-18-10-14-22-30-38-46-54-62-72(3)4)78(82(86)90-70-60-52-44-36-28-20-12-16-24-32-40-48-56-64-74(7)8)77(75)81(85)89-69-59-51-43-35-27-19-11-15-23-31-39-47-55-63-73(5)6/h65-66,71-74H,9-64,67-70H2,1-8H3. The topological polar surface area (TPSA) is 105 Å². The van der Waals surface area contributed by atoms with E-state index in [0.717, 1.165) is 87.9 Å². The zero-order valence-corrected chi connectivity index (χ0v) is 61.2. The number of rotatable bonds is 68. The summed E-state index contributed by atoms with van der Waals surface area (Å²) in [6.07, 6.45) is 68.4. The van der Waals surface area contributed by atoms with Gasteiger partial charge in [-0.05, 0) is 61.5 Å². The number of hydrogen-bond acceptors (Lipinski definition) is 8. The van der Waals surface area contributed by atoms with Crippen LogP contribution in [0.2, 0.25) is 0 Å². The molecule has 90 heavy (non-hydrogen) atoms. The first-order valence-electron chi connectivity index (χ1n) is 39.7. The van der Waals surface area contributed by atoms with E-state index in [-0.39, 0.29) is 48.7 Å². The van der Waals surface area contributed by atoms with Crippen LogP contribution in [0.4, 0.5) is 0 Å². The van der Waals surface area contributed by atoms with Crippen molar-refractivity contribution in [2.75, 3.05) is 26.4 Å². The molecule has 0 bridgehead atoms. The Morgan fingerprint density at radius 2 is 0.344 bits per heavy atom. The molecule has 0 heterocycles. The molecular formula is C82H150O8. The molecule has 0 atom stereocenters. The lowest BCUT2D eigenvalue weighted by Gasteiger charge is -2.17. The van der Waals surface area contributed by atoms with E-state index < -0.39 is 23.9 Å².